The average Bonchev–Trinajstić information content (AvgIpc) is 2.82. The molecule has 0 aliphatic heterocycles. The van der Waals surface area contributed by atoms with Crippen molar-refractivity contribution in [1.82, 2.24) is 9.97 Å². The summed E-state index contributed by atoms with van der Waals surface area (Å²) in [4.78, 5) is 12.3. The maximum atomic E-state index is 12.7. The van der Waals surface area contributed by atoms with Crippen LogP contribution in [0.5, 0.6) is 23.4 Å². The van der Waals surface area contributed by atoms with E-state index in [1.807, 2.05) is 6.07 Å². The van der Waals surface area contributed by atoms with Crippen molar-refractivity contribution in [2.75, 3.05) is 33.2 Å². The van der Waals surface area contributed by atoms with Crippen LogP contribution >= 0.6 is 0 Å². The lowest BCUT2D eigenvalue weighted by Gasteiger charge is -2.09. The molecule has 1 aromatic heterocycles. The largest absolute Gasteiger partial charge is 0.493 e. The molecule has 3 rings (SSSR count). The van der Waals surface area contributed by atoms with E-state index in [0.717, 1.165) is 5.56 Å². The van der Waals surface area contributed by atoms with Crippen LogP contribution in [0.25, 0.3) is 0 Å². The Hall–Kier alpha value is -3.86. The van der Waals surface area contributed by atoms with E-state index >= 15 is 0 Å². The fourth-order valence-electron chi connectivity index (χ4n) is 2.64. The van der Waals surface area contributed by atoms with Gasteiger partial charge in [-0.15, -0.1) is 0 Å². The number of aromatic nitrogens is 2. The van der Waals surface area contributed by atoms with Crippen LogP contribution in [-0.4, -0.2) is 53.0 Å². The van der Waals surface area contributed by atoms with Gasteiger partial charge in [0.05, 0.1) is 39.0 Å². The monoisotopic (exact) mass is 458 g/mol. The van der Waals surface area contributed by atoms with Gasteiger partial charge < -0.3 is 18.9 Å². The number of anilines is 1. The summed E-state index contributed by atoms with van der Waals surface area (Å²) in [6, 6.07) is 12.8. The van der Waals surface area contributed by atoms with Gasteiger partial charge >= 0.3 is 6.01 Å². The van der Waals surface area contributed by atoms with Gasteiger partial charge in [0.25, 0.3) is 10.0 Å². The van der Waals surface area contributed by atoms with E-state index in [0.29, 0.717) is 17.2 Å². The fraction of sp³-hybridized carbons (Fsp3) is 0.190. The predicted octanol–water partition coefficient (Wildman–Crippen LogP) is 3.06. The number of nitrogens with one attached hydrogen (secondary N) is 1. The van der Waals surface area contributed by atoms with Crippen molar-refractivity contribution < 1.29 is 27.4 Å². The first-order chi connectivity index (χ1) is 15.4. The van der Waals surface area contributed by atoms with Crippen LogP contribution in [0.4, 0.5) is 11.5 Å². The third-order valence-electron chi connectivity index (χ3n) is 4.23. The molecule has 10 nitrogen and oxygen atoms in total. The highest BCUT2D eigenvalue weighted by Crippen LogP contribution is 2.27. The van der Waals surface area contributed by atoms with Gasteiger partial charge in [-0.05, 0) is 48.0 Å². The highest BCUT2D eigenvalue weighted by atomic mass is 32.2. The second kappa shape index (κ2) is 9.96. The molecular formula is C21H22N4O6S. The predicted molar refractivity (Wildman–Crippen MR) is 119 cm³/mol. The van der Waals surface area contributed by atoms with Gasteiger partial charge in [0, 0.05) is 12.3 Å². The number of aliphatic imine (C=N–C) groups is 1. The Bertz CT molecular complexity index is 1190. The lowest BCUT2D eigenvalue weighted by molar-refractivity contribution is 0.353. The SMILES string of the molecule is COc1cc(NS(=O)(=O)c2ccc(N=Cc3ccc(OC)c(OC)c3)cc2)nc(OC)n1. The maximum absolute atomic E-state index is 12.7. The van der Waals surface area contributed by atoms with Gasteiger partial charge in [0.2, 0.25) is 5.88 Å². The van der Waals surface area contributed by atoms with E-state index in [4.69, 9.17) is 18.9 Å². The normalized spacial score (nSPS) is 11.2. The summed E-state index contributed by atoms with van der Waals surface area (Å²) in [5, 5.41) is 0. The summed E-state index contributed by atoms with van der Waals surface area (Å²) in [6.07, 6.45) is 1.64. The van der Waals surface area contributed by atoms with Gasteiger partial charge in [-0.25, -0.2) is 8.42 Å². The summed E-state index contributed by atoms with van der Waals surface area (Å²) in [5.41, 5.74) is 1.37. The molecule has 0 spiro atoms. The number of ether oxygens (including phenoxy) is 4. The number of benzene rings is 2. The maximum Gasteiger partial charge on any atom is 0.321 e. The molecule has 168 valence electrons. The van der Waals surface area contributed by atoms with Gasteiger partial charge in [0.15, 0.2) is 17.3 Å². The number of hydrogen-bond acceptors (Lipinski definition) is 9. The van der Waals surface area contributed by atoms with Crippen LogP contribution in [0.3, 0.4) is 0 Å². The third kappa shape index (κ3) is 5.43. The second-order valence-electron chi connectivity index (χ2n) is 6.25. The molecule has 0 saturated heterocycles. The molecule has 0 atom stereocenters. The summed E-state index contributed by atoms with van der Waals surface area (Å²) in [6.45, 7) is 0. The van der Waals surface area contributed by atoms with Gasteiger partial charge in [-0.1, -0.05) is 0 Å². The van der Waals surface area contributed by atoms with Crippen molar-refractivity contribution >= 4 is 27.7 Å². The molecule has 3 aromatic rings. The first kappa shape index (κ1) is 22.8. The summed E-state index contributed by atoms with van der Waals surface area (Å²) in [5.74, 6) is 1.38. The summed E-state index contributed by atoms with van der Waals surface area (Å²) in [7, 11) is 1.99. The second-order valence-corrected chi connectivity index (χ2v) is 7.94. The van der Waals surface area contributed by atoms with Crippen molar-refractivity contribution in [3.8, 4) is 23.4 Å². The van der Waals surface area contributed by atoms with Gasteiger partial charge in [0.1, 0.15) is 0 Å². The molecule has 0 amide bonds. The quantitative estimate of drug-likeness (QED) is 0.486. The number of sulfonamides is 1. The fourth-order valence-corrected chi connectivity index (χ4v) is 3.63. The molecule has 0 fully saturated rings. The van der Waals surface area contributed by atoms with E-state index in [1.54, 1.807) is 44.7 Å². The number of hydrogen-bond donors (Lipinski definition) is 1. The zero-order valence-corrected chi connectivity index (χ0v) is 18.7. The third-order valence-corrected chi connectivity index (χ3v) is 5.60. The van der Waals surface area contributed by atoms with Crippen LogP contribution in [0.1, 0.15) is 5.56 Å². The Kier molecular flexibility index (Phi) is 7.11. The molecule has 32 heavy (non-hydrogen) atoms. The van der Waals surface area contributed by atoms with Crippen molar-refractivity contribution in [3.63, 3.8) is 0 Å². The minimum atomic E-state index is -3.90. The van der Waals surface area contributed by atoms with E-state index in [-0.39, 0.29) is 22.6 Å². The molecule has 0 unspecified atom stereocenters. The van der Waals surface area contributed by atoms with E-state index in [9.17, 15) is 8.42 Å². The van der Waals surface area contributed by atoms with Crippen LogP contribution in [0.15, 0.2) is 58.4 Å². The molecule has 0 bridgehead atoms. The topological polar surface area (TPSA) is 121 Å². The van der Waals surface area contributed by atoms with Gasteiger partial charge in [-0.2, -0.15) is 9.97 Å². The molecule has 0 saturated carbocycles. The smallest absolute Gasteiger partial charge is 0.321 e. The Morgan fingerprint density at radius 1 is 0.844 bits per heavy atom. The van der Waals surface area contributed by atoms with Crippen molar-refractivity contribution in [1.29, 1.82) is 0 Å². The Labute approximate surface area is 185 Å². The first-order valence-electron chi connectivity index (χ1n) is 9.24. The average molecular weight is 458 g/mol. The van der Waals surface area contributed by atoms with E-state index < -0.39 is 10.0 Å². The summed E-state index contributed by atoms with van der Waals surface area (Å²) >= 11 is 0. The van der Waals surface area contributed by atoms with Crippen LogP contribution < -0.4 is 23.7 Å². The van der Waals surface area contributed by atoms with Crippen LogP contribution in [0.2, 0.25) is 0 Å². The first-order valence-corrected chi connectivity index (χ1v) is 10.7. The lowest BCUT2D eigenvalue weighted by Crippen LogP contribution is -2.14. The molecule has 1 N–H and O–H groups in total. The highest BCUT2D eigenvalue weighted by molar-refractivity contribution is 7.92. The minimum absolute atomic E-state index is 0.0178. The molecule has 2 aromatic carbocycles. The van der Waals surface area contributed by atoms with E-state index in [2.05, 4.69) is 19.7 Å². The van der Waals surface area contributed by atoms with Gasteiger partial charge in [-0.3, -0.25) is 9.71 Å². The van der Waals surface area contributed by atoms with Crippen molar-refractivity contribution in [3.05, 3.63) is 54.1 Å². The number of nitrogens with zero attached hydrogens (tertiary/aromatic N) is 3. The Morgan fingerprint density at radius 3 is 2.19 bits per heavy atom. The van der Waals surface area contributed by atoms with Crippen molar-refractivity contribution in [2.45, 2.75) is 4.90 Å². The highest BCUT2D eigenvalue weighted by Gasteiger charge is 2.16. The lowest BCUT2D eigenvalue weighted by atomic mass is 10.2. The number of methoxy groups -OCH3 is 4. The standard InChI is InChI=1S/C21H22N4O6S/c1-28-17-10-5-14(11-18(17)29-2)13-22-15-6-8-16(9-7-15)32(26,27)25-19-12-20(30-3)24-21(23-19)31-4/h5-13H,1-4H3,(H,23,24,25). The Balaban J connectivity index is 1.77. The molecule has 0 aliphatic carbocycles. The zero-order chi connectivity index (χ0) is 23.1. The molecule has 0 radical (unpaired) electrons. The number of rotatable bonds is 9. The molecular weight excluding hydrogens is 436 g/mol. The zero-order valence-electron chi connectivity index (χ0n) is 17.9. The van der Waals surface area contributed by atoms with Crippen LogP contribution in [-0.2, 0) is 10.0 Å². The molecule has 0 aliphatic rings. The molecule has 1 heterocycles. The molecule has 11 heteroatoms. The minimum Gasteiger partial charge on any atom is -0.493 e. The summed E-state index contributed by atoms with van der Waals surface area (Å²) < 4.78 is 48.3. The van der Waals surface area contributed by atoms with Crippen molar-refractivity contribution in [2.24, 2.45) is 4.99 Å². The van der Waals surface area contributed by atoms with E-state index in [1.165, 1.54) is 32.4 Å². The van der Waals surface area contributed by atoms with Crippen LogP contribution in [0, 0.1) is 0 Å². The Morgan fingerprint density at radius 2 is 1.56 bits per heavy atom.